The van der Waals surface area contributed by atoms with Crippen LogP contribution in [0.4, 0.5) is 4.79 Å². The predicted molar refractivity (Wildman–Crippen MR) is 60.7 cm³/mol. The summed E-state index contributed by atoms with van der Waals surface area (Å²) in [5, 5.41) is 2.77. The van der Waals surface area contributed by atoms with Crippen molar-refractivity contribution >= 4 is 12.0 Å². The second-order valence-corrected chi connectivity index (χ2v) is 3.80. The normalized spacial score (nSPS) is 16.3. The fraction of sp³-hybridized carbons (Fsp3) is 0.333. The van der Waals surface area contributed by atoms with Crippen molar-refractivity contribution in [1.29, 1.82) is 0 Å². The van der Waals surface area contributed by atoms with E-state index in [0.717, 1.165) is 10.6 Å². The maximum atomic E-state index is 11.6. The minimum atomic E-state index is -0.622. The summed E-state index contributed by atoms with van der Waals surface area (Å²) in [6, 6.07) is 9.69. The lowest BCUT2D eigenvalue weighted by Gasteiger charge is -2.24. The number of rotatable bonds is 2. The molecule has 5 heteroatoms. The smallest absolute Gasteiger partial charge is 0.431 e. The van der Waals surface area contributed by atoms with E-state index in [4.69, 9.17) is 0 Å². The Kier molecular flexibility index (Phi) is 3.39. The topological polar surface area (TPSA) is 49.9 Å². The Morgan fingerprint density at radius 1 is 1.35 bits per heavy atom. The Morgan fingerprint density at radius 3 is 2.71 bits per heavy atom. The van der Waals surface area contributed by atoms with Gasteiger partial charge in [-0.05, 0) is 5.56 Å². The highest BCUT2D eigenvalue weighted by Gasteiger charge is 2.34. The highest BCUT2D eigenvalue weighted by molar-refractivity contribution is 5.92. The number of ether oxygens (including phenoxy) is 1. The van der Waals surface area contributed by atoms with Crippen molar-refractivity contribution in [2.45, 2.75) is 13.0 Å². The zero-order valence-electron chi connectivity index (χ0n) is 9.63. The zero-order valence-corrected chi connectivity index (χ0v) is 9.63. The van der Waals surface area contributed by atoms with Crippen LogP contribution in [0.5, 0.6) is 0 Å². The maximum absolute atomic E-state index is 11.6. The molecule has 17 heavy (non-hydrogen) atoms. The SMILES string of the molecule is COC(=O)N1C(=O)CCN1Cc1ccccc1. The number of hydrogen-bond acceptors (Lipinski definition) is 4. The van der Waals surface area contributed by atoms with Crippen LogP contribution in [0.25, 0.3) is 0 Å². The molecule has 1 saturated heterocycles. The van der Waals surface area contributed by atoms with Gasteiger partial charge in [0.05, 0.1) is 7.11 Å². The first-order valence-corrected chi connectivity index (χ1v) is 5.42. The standard InChI is InChI=1S/C12H14N2O3/c1-17-12(16)14-11(15)7-8-13(14)9-10-5-3-2-4-6-10/h2-6H,7-9H2,1H3. The first-order valence-electron chi connectivity index (χ1n) is 5.42. The van der Waals surface area contributed by atoms with Gasteiger partial charge in [-0.1, -0.05) is 30.3 Å². The molecule has 1 heterocycles. The van der Waals surface area contributed by atoms with E-state index in [1.807, 2.05) is 30.3 Å². The summed E-state index contributed by atoms with van der Waals surface area (Å²) in [5.74, 6) is -0.215. The van der Waals surface area contributed by atoms with E-state index in [1.165, 1.54) is 7.11 Å². The average Bonchev–Trinajstić information content (AvgIpc) is 2.71. The van der Waals surface area contributed by atoms with Gasteiger partial charge >= 0.3 is 6.09 Å². The third-order valence-corrected chi connectivity index (χ3v) is 2.66. The van der Waals surface area contributed by atoms with Gasteiger partial charge in [0.15, 0.2) is 0 Å². The molecule has 1 aromatic rings. The van der Waals surface area contributed by atoms with Crippen LogP contribution in [0.15, 0.2) is 30.3 Å². The lowest BCUT2D eigenvalue weighted by Crippen LogP contribution is -2.43. The molecule has 90 valence electrons. The molecule has 2 amide bonds. The van der Waals surface area contributed by atoms with Crippen LogP contribution in [0, 0.1) is 0 Å². The molecule has 0 spiro atoms. The molecule has 0 unspecified atom stereocenters. The lowest BCUT2D eigenvalue weighted by molar-refractivity contribution is -0.134. The van der Waals surface area contributed by atoms with Crippen molar-refractivity contribution in [1.82, 2.24) is 10.0 Å². The molecule has 1 fully saturated rings. The molecule has 1 aromatic carbocycles. The second kappa shape index (κ2) is 4.97. The first-order chi connectivity index (χ1) is 8.22. The number of imide groups is 1. The van der Waals surface area contributed by atoms with E-state index in [2.05, 4.69) is 4.74 Å². The van der Waals surface area contributed by atoms with Gasteiger partial charge in [0.2, 0.25) is 5.91 Å². The van der Waals surface area contributed by atoms with Gasteiger partial charge in [-0.3, -0.25) is 4.79 Å². The molecule has 0 bridgehead atoms. The van der Waals surface area contributed by atoms with Crippen LogP contribution >= 0.6 is 0 Å². The van der Waals surface area contributed by atoms with Crippen molar-refractivity contribution < 1.29 is 14.3 Å². The van der Waals surface area contributed by atoms with Gasteiger partial charge in [-0.15, -0.1) is 0 Å². The van der Waals surface area contributed by atoms with Crippen molar-refractivity contribution in [3.8, 4) is 0 Å². The Labute approximate surface area is 99.5 Å². The molecule has 0 saturated carbocycles. The minimum Gasteiger partial charge on any atom is -0.451 e. The molecular weight excluding hydrogens is 220 g/mol. The predicted octanol–water partition coefficient (Wildman–Crippen LogP) is 1.40. The zero-order chi connectivity index (χ0) is 12.3. The number of methoxy groups -OCH3 is 1. The number of nitrogens with zero attached hydrogens (tertiary/aromatic N) is 2. The van der Waals surface area contributed by atoms with Crippen molar-refractivity contribution in [2.24, 2.45) is 0 Å². The number of amides is 2. The molecule has 0 atom stereocenters. The Hall–Kier alpha value is -1.88. The molecule has 1 aliphatic rings. The quantitative estimate of drug-likeness (QED) is 0.776. The molecule has 1 aliphatic heterocycles. The van der Waals surface area contributed by atoms with Gasteiger partial charge in [-0.25, -0.2) is 9.80 Å². The summed E-state index contributed by atoms with van der Waals surface area (Å²) in [7, 11) is 1.27. The van der Waals surface area contributed by atoms with E-state index < -0.39 is 6.09 Å². The Balaban J connectivity index is 2.10. The van der Waals surface area contributed by atoms with E-state index >= 15 is 0 Å². The van der Waals surface area contributed by atoms with Gasteiger partial charge in [-0.2, -0.15) is 5.01 Å². The molecule has 5 nitrogen and oxygen atoms in total. The summed E-state index contributed by atoms with van der Waals surface area (Å²) in [6.45, 7) is 1.07. The van der Waals surface area contributed by atoms with Gasteiger partial charge in [0.25, 0.3) is 0 Å². The summed E-state index contributed by atoms with van der Waals surface area (Å²) in [4.78, 5) is 23.0. The highest BCUT2D eigenvalue weighted by Crippen LogP contribution is 2.16. The maximum Gasteiger partial charge on any atom is 0.431 e. The number of hydrogen-bond donors (Lipinski definition) is 0. The summed E-state index contributed by atoms with van der Waals surface area (Å²) in [6.07, 6.45) is -0.273. The first kappa shape index (κ1) is 11.6. The van der Waals surface area contributed by atoms with Crippen LogP contribution in [0.3, 0.4) is 0 Å². The van der Waals surface area contributed by atoms with E-state index in [1.54, 1.807) is 5.01 Å². The van der Waals surface area contributed by atoms with E-state index in [9.17, 15) is 9.59 Å². The van der Waals surface area contributed by atoms with Crippen LogP contribution in [0.1, 0.15) is 12.0 Å². The Morgan fingerprint density at radius 2 is 2.06 bits per heavy atom. The summed E-state index contributed by atoms with van der Waals surface area (Å²) < 4.78 is 4.60. The van der Waals surface area contributed by atoms with Crippen LogP contribution in [-0.4, -0.2) is 35.7 Å². The van der Waals surface area contributed by atoms with Crippen LogP contribution < -0.4 is 0 Å². The largest absolute Gasteiger partial charge is 0.451 e. The number of carbonyl (C=O) groups excluding carboxylic acids is 2. The van der Waals surface area contributed by atoms with Gasteiger partial charge in [0, 0.05) is 19.5 Å². The number of benzene rings is 1. The van der Waals surface area contributed by atoms with Crippen molar-refractivity contribution in [2.75, 3.05) is 13.7 Å². The third kappa shape index (κ3) is 2.45. The molecule has 2 rings (SSSR count). The molecular formula is C12H14N2O3. The van der Waals surface area contributed by atoms with E-state index in [0.29, 0.717) is 19.5 Å². The number of hydrazine groups is 1. The lowest BCUT2D eigenvalue weighted by atomic mass is 10.2. The fourth-order valence-corrected chi connectivity index (χ4v) is 1.84. The summed E-state index contributed by atoms with van der Waals surface area (Å²) >= 11 is 0. The summed E-state index contributed by atoms with van der Waals surface area (Å²) in [5.41, 5.74) is 1.05. The van der Waals surface area contributed by atoms with Gasteiger partial charge in [0.1, 0.15) is 0 Å². The van der Waals surface area contributed by atoms with Crippen molar-refractivity contribution in [3.63, 3.8) is 0 Å². The molecule has 0 aromatic heterocycles. The van der Waals surface area contributed by atoms with E-state index in [-0.39, 0.29) is 5.91 Å². The molecule has 0 N–H and O–H groups in total. The monoisotopic (exact) mass is 234 g/mol. The molecule has 0 radical (unpaired) electrons. The number of carbonyl (C=O) groups is 2. The third-order valence-electron chi connectivity index (χ3n) is 2.66. The van der Waals surface area contributed by atoms with Gasteiger partial charge < -0.3 is 4.74 Å². The second-order valence-electron chi connectivity index (χ2n) is 3.80. The van der Waals surface area contributed by atoms with Crippen LogP contribution in [-0.2, 0) is 16.1 Å². The van der Waals surface area contributed by atoms with Crippen molar-refractivity contribution in [3.05, 3.63) is 35.9 Å². The molecule has 0 aliphatic carbocycles. The average molecular weight is 234 g/mol. The Bertz CT molecular complexity index is 419. The fourth-order valence-electron chi connectivity index (χ4n) is 1.84. The minimum absolute atomic E-state index is 0.215. The highest BCUT2D eigenvalue weighted by atomic mass is 16.5. The van der Waals surface area contributed by atoms with Crippen LogP contribution in [0.2, 0.25) is 0 Å².